The molecule has 0 aromatic heterocycles. The zero-order valence-corrected chi connectivity index (χ0v) is 14.8. The second-order valence-electron chi connectivity index (χ2n) is 6.02. The minimum absolute atomic E-state index is 0.0357. The van der Waals surface area contributed by atoms with Crippen molar-refractivity contribution in [3.05, 3.63) is 48.0 Å². The van der Waals surface area contributed by atoms with Crippen molar-refractivity contribution in [1.82, 2.24) is 5.32 Å². The number of sulfone groups is 1. The van der Waals surface area contributed by atoms with Crippen molar-refractivity contribution >= 4 is 32.5 Å². The molecule has 0 saturated heterocycles. The standard InChI is InChI=1S/C18H21NO5S/c1-25(23,24)11-5-10-17(20)19-16(12-18(21)22)15-9-4-7-13-6-2-3-8-14(13)15/h2-4,6-9,16H,5,10-12H2,1H3,(H,19,20)(H,21,22)/t16-/m1/s1. The number of fused-ring (bicyclic) bond motifs is 1. The Morgan fingerprint density at radius 2 is 1.80 bits per heavy atom. The molecule has 0 aliphatic rings. The Labute approximate surface area is 146 Å². The van der Waals surface area contributed by atoms with E-state index >= 15 is 0 Å². The summed E-state index contributed by atoms with van der Waals surface area (Å²) >= 11 is 0. The molecule has 0 radical (unpaired) electrons. The van der Waals surface area contributed by atoms with Gasteiger partial charge in [-0.2, -0.15) is 0 Å². The van der Waals surface area contributed by atoms with Crippen molar-refractivity contribution in [3.8, 4) is 0 Å². The van der Waals surface area contributed by atoms with Crippen LogP contribution in [0, 0.1) is 0 Å². The second-order valence-corrected chi connectivity index (χ2v) is 8.28. The molecule has 0 spiro atoms. The van der Waals surface area contributed by atoms with Crippen LogP contribution >= 0.6 is 0 Å². The Hall–Kier alpha value is -2.41. The van der Waals surface area contributed by atoms with Gasteiger partial charge in [-0.3, -0.25) is 9.59 Å². The van der Waals surface area contributed by atoms with Gasteiger partial charge < -0.3 is 10.4 Å². The van der Waals surface area contributed by atoms with Gasteiger partial charge in [-0.25, -0.2) is 8.42 Å². The van der Waals surface area contributed by atoms with E-state index in [1.54, 1.807) is 6.07 Å². The molecule has 0 saturated carbocycles. The van der Waals surface area contributed by atoms with Gasteiger partial charge in [-0.1, -0.05) is 42.5 Å². The maximum Gasteiger partial charge on any atom is 0.305 e. The first kappa shape index (κ1) is 18.9. The van der Waals surface area contributed by atoms with Crippen molar-refractivity contribution < 1.29 is 23.1 Å². The average molecular weight is 363 g/mol. The smallest absolute Gasteiger partial charge is 0.305 e. The van der Waals surface area contributed by atoms with Crippen LogP contribution in [-0.4, -0.2) is 37.4 Å². The first-order valence-corrected chi connectivity index (χ1v) is 9.99. The van der Waals surface area contributed by atoms with Gasteiger partial charge in [-0.15, -0.1) is 0 Å². The number of amides is 1. The first-order chi connectivity index (χ1) is 11.8. The molecule has 0 aliphatic heterocycles. The molecule has 134 valence electrons. The van der Waals surface area contributed by atoms with Crippen LogP contribution in [0.4, 0.5) is 0 Å². The van der Waals surface area contributed by atoms with Crippen molar-refractivity contribution in [3.63, 3.8) is 0 Å². The zero-order chi connectivity index (χ0) is 18.4. The van der Waals surface area contributed by atoms with Gasteiger partial charge in [0.15, 0.2) is 0 Å². The topological polar surface area (TPSA) is 101 Å². The van der Waals surface area contributed by atoms with Crippen LogP contribution < -0.4 is 5.32 Å². The fraction of sp³-hybridized carbons (Fsp3) is 0.333. The Balaban J connectivity index is 2.18. The maximum absolute atomic E-state index is 12.1. The quantitative estimate of drug-likeness (QED) is 0.749. The number of benzene rings is 2. The molecular formula is C18H21NO5S. The number of carboxylic acids is 1. The Kier molecular flexibility index (Phi) is 6.14. The summed E-state index contributed by atoms with van der Waals surface area (Å²) < 4.78 is 22.3. The van der Waals surface area contributed by atoms with Crippen LogP contribution in [0.5, 0.6) is 0 Å². The summed E-state index contributed by atoms with van der Waals surface area (Å²) in [7, 11) is -3.12. The van der Waals surface area contributed by atoms with E-state index in [1.807, 2.05) is 36.4 Å². The third kappa shape index (κ3) is 5.86. The highest BCUT2D eigenvalue weighted by Crippen LogP contribution is 2.26. The molecule has 0 bridgehead atoms. The molecule has 2 aromatic rings. The number of hydrogen-bond donors (Lipinski definition) is 2. The van der Waals surface area contributed by atoms with Gasteiger partial charge in [0.2, 0.25) is 5.91 Å². The summed E-state index contributed by atoms with van der Waals surface area (Å²) in [4.78, 5) is 23.3. The van der Waals surface area contributed by atoms with Crippen molar-refractivity contribution in [1.29, 1.82) is 0 Å². The van der Waals surface area contributed by atoms with Crippen LogP contribution in [0.25, 0.3) is 10.8 Å². The molecule has 2 rings (SSSR count). The maximum atomic E-state index is 12.1. The Morgan fingerprint density at radius 1 is 1.12 bits per heavy atom. The third-order valence-corrected chi connectivity index (χ3v) is 4.86. The van der Waals surface area contributed by atoms with Crippen LogP contribution in [-0.2, 0) is 19.4 Å². The third-order valence-electron chi connectivity index (χ3n) is 3.83. The highest BCUT2D eigenvalue weighted by Gasteiger charge is 2.20. The van der Waals surface area contributed by atoms with E-state index < -0.39 is 21.8 Å². The highest BCUT2D eigenvalue weighted by molar-refractivity contribution is 7.90. The Morgan fingerprint density at radius 3 is 2.48 bits per heavy atom. The van der Waals surface area contributed by atoms with Crippen LogP contribution in [0.15, 0.2) is 42.5 Å². The van der Waals surface area contributed by atoms with Crippen LogP contribution in [0.3, 0.4) is 0 Å². The summed E-state index contributed by atoms with van der Waals surface area (Å²) in [5, 5.41) is 13.8. The highest BCUT2D eigenvalue weighted by atomic mass is 32.2. The van der Waals surface area contributed by atoms with E-state index in [0.717, 1.165) is 22.6 Å². The molecule has 6 nitrogen and oxygen atoms in total. The Bertz CT molecular complexity index is 871. The first-order valence-electron chi connectivity index (χ1n) is 7.93. The van der Waals surface area contributed by atoms with E-state index in [-0.39, 0.29) is 30.9 Å². The number of aliphatic carboxylic acids is 1. The van der Waals surface area contributed by atoms with Crippen molar-refractivity contribution in [2.75, 3.05) is 12.0 Å². The number of nitrogens with one attached hydrogen (secondary N) is 1. The average Bonchev–Trinajstić information content (AvgIpc) is 2.52. The molecule has 2 N–H and O–H groups in total. The van der Waals surface area contributed by atoms with Gasteiger partial charge in [0.05, 0.1) is 18.2 Å². The molecule has 0 fully saturated rings. The van der Waals surface area contributed by atoms with Gasteiger partial charge in [-0.05, 0) is 22.8 Å². The molecule has 0 aliphatic carbocycles. The van der Waals surface area contributed by atoms with Crippen LogP contribution in [0.1, 0.15) is 30.9 Å². The molecule has 0 heterocycles. The normalized spacial score (nSPS) is 12.7. The number of carbonyl (C=O) groups excluding carboxylic acids is 1. The number of carboxylic acid groups (broad SMARTS) is 1. The van der Waals surface area contributed by atoms with Gasteiger partial charge >= 0.3 is 5.97 Å². The summed E-state index contributed by atoms with van der Waals surface area (Å²) in [6, 6.07) is 12.4. The van der Waals surface area contributed by atoms with Gasteiger partial charge in [0, 0.05) is 12.7 Å². The molecule has 7 heteroatoms. The van der Waals surface area contributed by atoms with Crippen molar-refractivity contribution in [2.45, 2.75) is 25.3 Å². The molecule has 1 atom stereocenters. The number of rotatable bonds is 8. The molecule has 0 unspecified atom stereocenters. The molecular weight excluding hydrogens is 342 g/mol. The summed E-state index contributed by atoms with van der Waals surface area (Å²) in [5.41, 5.74) is 0.733. The van der Waals surface area contributed by atoms with E-state index in [1.165, 1.54) is 0 Å². The van der Waals surface area contributed by atoms with E-state index in [4.69, 9.17) is 0 Å². The molecule has 1 amide bonds. The summed E-state index contributed by atoms with van der Waals surface area (Å²) in [6.45, 7) is 0. The molecule has 25 heavy (non-hydrogen) atoms. The second kappa shape index (κ2) is 8.11. The largest absolute Gasteiger partial charge is 0.481 e. The lowest BCUT2D eigenvalue weighted by atomic mass is 9.96. The summed E-state index contributed by atoms with van der Waals surface area (Å²) in [6.07, 6.45) is 1.12. The fourth-order valence-electron chi connectivity index (χ4n) is 2.73. The number of hydrogen-bond acceptors (Lipinski definition) is 4. The zero-order valence-electron chi connectivity index (χ0n) is 13.9. The SMILES string of the molecule is CS(=O)(=O)CCCC(=O)N[C@H](CC(=O)O)c1cccc2ccccc12. The lowest BCUT2D eigenvalue weighted by molar-refractivity contribution is -0.137. The lowest BCUT2D eigenvalue weighted by Crippen LogP contribution is -2.30. The van der Waals surface area contributed by atoms with E-state index in [9.17, 15) is 23.1 Å². The molecule has 2 aromatic carbocycles. The van der Waals surface area contributed by atoms with Crippen LogP contribution in [0.2, 0.25) is 0 Å². The minimum Gasteiger partial charge on any atom is -0.481 e. The predicted molar refractivity (Wildman–Crippen MR) is 96.0 cm³/mol. The fourth-order valence-corrected chi connectivity index (χ4v) is 3.40. The van der Waals surface area contributed by atoms with Crippen molar-refractivity contribution in [2.24, 2.45) is 0 Å². The van der Waals surface area contributed by atoms with Gasteiger partial charge in [0.1, 0.15) is 9.84 Å². The number of carbonyl (C=O) groups is 2. The monoisotopic (exact) mass is 363 g/mol. The predicted octanol–water partition coefficient (Wildman–Crippen LogP) is 2.30. The minimum atomic E-state index is -3.12. The van der Waals surface area contributed by atoms with E-state index in [0.29, 0.717) is 0 Å². The van der Waals surface area contributed by atoms with E-state index in [2.05, 4.69) is 5.32 Å². The summed E-state index contributed by atoms with van der Waals surface area (Å²) in [5.74, 6) is -1.45. The van der Waals surface area contributed by atoms with Gasteiger partial charge in [0.25, 0.3) is 0 Å². The lowest BCUT2D eigenvalue weighted by Gasteiger charge is -2.19.